The molecule has 0 aromatic carbocycles. The zero-order chi connectivity index (χ0) is 15.8. The number of urea groups is 1. The zero-order valence-electron chi connectivity index (χ0n) is 12.5. The summed E-state index contributed by atoms with van der Waals surface area (Å²) in [4.78, 5) is 37.3. The van der Waals surface area contributed by atoms with Crippen molar-refractivity contribution in [1.82, 2.24) is 15.1 Å². The van der Waals surface area contributed by atoms with Gasteiger partial charge in [-0.15, -0.1) is 0 Å². The standard InChI is InChI=1S/C13H23N3O5/c1-10(2)7-15-3-5-16(6-4-15)13(20)14-11(17)8-21-9-12(18)19/h10H,3-9H2,1-2H3,(H,18,19)(H,14,17,20). The van der Waals surface area contributed by atoms with Gasteiger partial charge in [-0.25, -0.2) is 9.59 Å². The molecule has 1 saturated heterocycles. The van der Waals surface area contributed by atoms with Gasteiger partial charge in [-0.2, -0.15) is 0 Å². The Balaban J connectivity index is 2.24. The smallest absolute Gasteiger partial charge is 0.329 e. The molecular formula is C13H23N3O5. The van der Waals surface area contributed by atoms with Crippen LogP contribution in [-0.2, 0) is 14.3 Å². The quantitative estimate of drug-likeness (QED) is 0.692. The Kier molecular flexibility index (Phi) is 7.10. The lowest BCUT2D eigenvalue weighted by Crippen LogP contribution is -2.53. The van der Waals surface area contributed by atoms with Gasteiger partial charge in [-0.05, 0) is 5.92 Å². The van der Waals surface area contributed by atoms with Crippen LogP contribution in [0.25, 0.3) is 0 Å². The number of imide groups is 1. The first kappa shape index (κ1) is 17.4. The molecule has 3 amide bonds. The van der Waals surface area contributed by atoms with Crippen molar-refractivity contribution < 1.29 is 24.2 Å². The fraction of sp³-hybridized carbons (Fsp3) is 0.769. The van der Waals surface area contributed by atoms with Crippen molar-refractivity contribution in [3.8, 4) is 0 Å². The summed E-state index contributed by atoms with van der Waals surface area (Å²) in [6, 6.07) is -0.455. The molecule has 0 atom stereocenters. The van der Waals surface area contributed by atoms with Crippen LogP contribution in [0, 0.1) is 5.92 Å². The molecule has 8 nitrogen and oxygen atoms in total. The third-order valence-corrected chi connectivity index (χ3v) is 2.99. The van der Waals surface area contributed by atoms with E-state index in [1.54, 1.807) is 4.90 Å². The number of carbonyl (C=O) groups is 3. The maximum absolute atomic E-state index is 11.8. The monoisotopic (exact) mass is 301 g/mol. The molecule has 2 N–H and O–H groups in total. The number of piperazine rings is 1. The van der Waals surface area contributed by atoms with Gasteiger partial charge in [-0.3, -0.25) is 15.0 Å². The molecular weight excluding hydrogens is 278 g/mol. The molecule has 8 heteroatoms. The van der Waals surface area contributed by atoms with Crippen molar-refractivity contribution in [2.45, 2.75) is 13.8 Å². The van der Waals surface area contributed by atoms with Crippen LogP contribution in [0.15, 0.2) is 0 Å². The number of amides is 3. The van der Waals surface area contributed by atoms with Gasteiger partial charge in [0.15, 0.2) is 0 Å². The number of aliphatic carboxylic acids is 1. The molecule has 0 saturated carbocycles. The highest BCUT2D eigenvalue weighted by Crippen LogP contribution is 2.05. The Morgan fingerprint density at radius 1 is 1.14 bits per heavy atom. The summed E-state index contributed by atoms with van der Waals surface area (Å²) in [5.41, 5.74) is 0. The van der Waals surface area contributed by atoms with Crippen LogP contribution >= 0.6 is 0 Å². The molecule has 0 aliphatic carbocycles. The van der Waals surface area contributed by atoms with Crippen LogP contribution in [0.4, 0.5) is 4.79 Å². The molecule has 21 heavy (non-hydrogen) atoms. The second-order valence-electron chi connectivity index (χ2n) is 5.42. The van der Waals surface area contributed by atoms with Crippen molar-refractivity contribution >= 4 is 17.9 Å². The number of rotatable bonds is 6. The number of nitrogens with zero attached hydrogens (tertiary/aromatic N) is 2. The molecule has 0 unspecified atom stereocenters. The number of hydrogen-bond acceptors (Lipinski definition) is 5. The van der Waals surface area contributed by atoms with E-state index in [0.29, 0.717) is 19.0 Å². The van der Waals surface area contributed by atoms with Crippen molar-refractivity contribution in [3.63, 3.8) is 0 Å². The third-order valence-electron chi connectivity index (χ3n) is 2.99. The molecule has 0 spiro atoms. The lowest BCUT2D eigenvalue weighted by atomic mass is 10.2. The van der Waals surface area contributed by atoms with Crippen LogP contribution in [0.1, 0.15) is 13.8 Å². The van der Waals surface area contributed by atoms with Gasteiger partial charge in [0.25, 0.3) is 5.91 Å². The molecule has 0 radical (unpaired) electrons. The van der Waals surface area contributed by atoms with Crippen LogP contribution in [0.3, 0.4) is 0 Å². The van der Waals surface area contributed by atoms with E-state index in [2.05, 4.69) is 28.8 Å². The van der Waals surface area contributed by atoms with Gasteiger partial charge in [-0.1, -0.05) is 13.8 Å². The summed E-state index contributed by atoms with van der Waals surface area (Å²) in [5, 5.41) is 10.6. The first-order chi connectivity index (χ1) is 9.88. The maximum Gasteiger partial charge on any atom is 0.329 e. The highest BCUT2D eigenvalue weighted by Gasteiger charge is 2.22. The number of hydrogen-bond donors (Lipinski definition) is 2. The first-order valence-corrected chi connectivity index (χ1v) is 6.99. The van der Waals surface area contributed by atoms with Crippen molar-refractivity contribution in [3.05, 3.63) is 0 Å². The van der Waals surface area contributed by atoms with Gasteiger partial charge < -0.3 is 14.7 Å². The first-order valence-electron chi connectivity index (χ1n) is 6.99. The lowest BCUT2D eigenvalue weighted by Gasteiger charge is -2.35. The average molecular weight is 301 g/mol. The molecule has 1 heterocycles. The normalized spacial score (nSPS) is 16.0. The Hall–Kier alpha value is -1.67. The Morgan fingerprint density at radius 3 is 2.29 bits per heavy atom. The summed E-state index contributed by atoms with van der Waals surface area (Å²) in [6.07, 6.45) is 0. The predicted octanol–water partition coefficient (Wildman–Crippen LogP) is -0.403. The van der Waals surface area contributed by atoms with Gasteiger partial charge in [0.2, 0.25) is 0 Å². The minimum atomic E-state index is -1.16. The fourth-order valence-electron chi connectivity index (χ4n) is 2.12. The minimum absolute atomic E-state index is 0.439. The predicted molar refractivity (Wildman–Crippen MR) is 74.8 cm³/mol. The summed E-state index contributed by atoms with van der Waals surface area (Å²) in [6.45, 7) is 7.01. The maximum atomic E-state index is 11.8. The Labute approximate surface area is 124 Å². The number of carboxylic acid groups (broad SMARTS) is 1. The molecule has 0 bridgehead atoms. The van der Waals surface area contributed by atoms with Crippen LogP contribution in [0.5, 0.6) is 0 Å². The molecule has 1 fully saturated rings. The topological polar surface area (TPSA) is 99.2 Å². The van der Waals surface area contributed by atoms with E-state index in [0.717, 1.165) is 19.6 Å². The van der Waals surface area contributed by atoms with E-state index in [4.69, 9.17) is 5.11 Å². The zero-order valence-corrected chi connectivity index (χ0v) is 12.5. The van der Waals surface area contributed by atoms with Crippen LogP contribution in [0.2, 0.25) is 0 Å². The average Bonchev–Trinajstić information content (AvgIpc) is 2.38. The second kappa shape index (κ2) is 8.58. The van der Waals surface area contributed by atoms with E-state index in [1.807, 2.05) is 0 Å². The molecule has 0 aromatic heterocycles. The Bertz CT molecular complexity index is 378. The number of carbonyl (C=O) groups excluding carboxylic acids is 2. The van der Waals surface area contributed by atoms with E-state index in [9.17, 15) is 14.4 Å². The summed E-state index contributed by atoms with van der Waals surface area (Å²) in [5.74, 6) is -1.21. The second-order valence-corrected chi connectivity index (χ2v) is 5.42. The van der Waals surface area contributed by atoms with Gasteiger partial charge in [0.1, 0.15) is 13.2 Å². The van der Waals surface area contributed by atoms with Crippen molar-refractivity contribution in [2.24, 2.45) is 5.92 Å². The van der Waals surface area contributed by atoms with Crippen molar-refractivity contribution in [1.29, 1.82) is 0 Å². The van der Waals surface area contributed by atoms with E-state index >= 15 is 0 Å². The van der Waals surface area contributed by atoms with Crippen LogP contribution < -0.4 is 5.32 Å². The summed E-state index contributed by atoms with van der Waals surface area (Å²) >= 11 is 0. The SMILES string of the molecule is CC(C)CN1CCN(C(=O)NC(=O)COCC(=O)O)CC1. The van der Waals surface area contributed by atoms with E-state index in [-0.39, 0.29) is 0 Å². The fourth-order valence-corrected chi connectivity index (χ4v) is 2.12. The van der Waals surface area contributed by atoms with Crippen LogP contribution in [-0.4, -0.2) is 78.8 Å². The van der Waals surface area contributed by atoms with Crippen molar-refractivity contribution in [2.75, 3.05) is 45.9 Å². The third kappa shape index (κ3) is 7.05. The van der Waals surface area contributed by atoms with E-state index < -0.39 is 31.1 Å². The van der Waals surface area contributed by atoms with Gasteiger partial charge in [0.05, 0.1) is 0 Å². The minimum Gasteiger partial charge on any atom is -0.480 e. The molecule has 1 rings (SSSR count). The highest BCUT2D eigenvalue weighted by atomic mass is 16.5. The van der Waals surface area contributed by atoms with E-state index in [1.165, 1.54) is 0 Å². The number of nitrogens with one attached hydrogen (secondary N) is 1. The van der Waals surface area contributed by atoms with Gasteiger partial charge in [0, 0.05) is 32.7 Å². The number of carboxylic acids is 1. The summed E-state index contributed by atoms with van der Waals surface area (Å²) < 4.78 is 4.62. The Morgan fingerprint density at radius 2 is 1.76 bits per heavy atom. The molecule has 120 valence electrons. The molecule has 1 aliphatic heterocycles. The highest BCUT2D eigenvalue weighted by molar-refractivity contribution is 5.95. The lowest BCUT2D eigenvalue weighted by molar-refractivity contribution is -0.143. The molecule has 0 aromatic rings. The summed E-state index contributed by atoms with van der Waals surface area (Å²) in [7, 11) is 0. The van der Waals surface area contributed by atoms with Gasteiger partial charge >= 0.3 is 12.0 Å². The molecule has 1 aliphatic rings. The largest absolute Gasteiger partial charge is 0.480 e. The number of ether oxygens (including phenoxy) is 1.